The molecule has 2 nitrogen and oxygen atoms in total. The molecule has 1 atom stereocenters. The second-order valence-electron chi connectivity index (χ2n) is 6.60. The van der Waals surface area contributed by atoms with Crippen molar-refractivity contribution in [2.24, 2.45) is 5.92 Å². The molecule has 0 aliphatic carbocycles. The van der Waals surface area contributed by atoms with Gasteiger partial charge in [-0.15, -0.1) is 0 Å². The molecule has 0 fully saturated rings. The maximum absolute atomic E-state index is 13.7. The zero-order chi connectivity index (χ0) is 19.2. The predicted molar refractivity (Wildman–Crippen MR) is 106 cm³/mol. The van der Waals surface area contributed by atoms with Gasteiger partial charge in [-0.05, 0) is 59.2 Å². The van der Waals surface area contributed by atoms with Gasteiger partial charge in [0.25, 0.3) is 0 Å². The third-order valence-corrected chi connectivity index (χ3v) is 4.48. The van der Waals surface area contributed by atoms with E-state index in [4.69, 9.17) is 10.00 Å². The van der Waals surface area contributed by atoms with Crippen LogP contribution in [-0.4, -0.2) is 6.61 Å². The predicted octanol–water partition coefficient (Wildman–Crippen LogP) is 5.68. The Kier molecular flexibility index (Phi) is 5.74. The van der Waals surface area contributed by atoms with Gasteiger partial charge < -0.3 is 4.74 Å². The van der Waals surface area contributed by atoms with Crippen molar-refractivity contribution >= 4 is 10.8 Å². The van der Waals surface area contributed by atoms with Crippen LogP contribution in [0.2, 0.25) is 0 Å². The van der Waals surface area contributed by atoms with Gasteiger partial charge in [-0.25, -0.2) is 4.39 Å². The lowest BCUT2D eigenvalue weighted by Crippen LogP contribution is -2.06. The Morgan fingerprint density at radius 2 is 1.63 bits per heavy atom. The van der Waals surface area contributed by atoms with E-state index in [1.807, 2.05) is 36.4 Å². The summed E-state index contributed by atoms with van der Waals surface area (Å²) >= 11 is 0. The van der Waals surface area contributed by atoms with Gasteiger partial charge in [0.15, 0.2) is 0 Å². The highest BCUT2D eigenvalue weighted by Crippen LogP contribution is 2.22. The van der Waals surface area contributed by atoms with Gasteiger partial charge in [0.05, 0.1) is 12.2 Å². The monoisotopic (exact) mass is 357 g/mol. The lowest BCUT2D eigenvalue weighted by molar-refractivity contribution is 0.257. The van der Waals surface area contributed by atoms with Gasteiger partial charge in [0, 0.05) is 11.1 Å². The summed E-state index contributed by atoms with van der Waals surface area (Å²) < 4.78 is 19.5. The third kappa shape index (κ3) is 4.66. The highest BCUT2D eigenvalue weighted by Gasteiger charge is 2.03. The Morgan fingerprint density at radius 3 is 2.33 bits per heavy atom. The smallest absolute Gasteiger partial charge is 0.142 e. The Balaban J connectivity index is 1.79. The molecule has 0 bridgehead atoms. The van der Waals surface area contributed by atoms with E-state index in [2.05, 4.69) is 25.7 Å². The van der Waals surface area contributed by atoms with Gasteiger partial charge in [-0.2, -0.15) is 5.26 Å². The van der Waals surface area contributed by atoms with Crippen LogP contribution in [0.25, 0.3) is 10.8 Å². The summed E-state index contributed by atoms with van der Waals surface area (Å²) in [6.07, 6.45) is 1.10. The Hall–Kier alpha value is -3.30. The topological polar surface area (TPSA) is 33.0 Å². The van der Waals surface area contributed by atoms with Crippen molar-refractivity contribution in [1.29, 1.82) is 5.26 Å². The summed E-state index contributed by atoms with van der Waals surface area (Å²) in [5, 5.41) is 10.9. The summed E-state index contributed by atoms with van der Waals surface area (Å²) in [6.45, 7) is 5.04. The van der Waals surface area contributed by atoms with E-state index in [1.165, 1.54) is 12.1 Å². The molecular formula is C24H20FNO. The number of hydrogen-bond donors (Lipinski definition) is 0. The molecule has 134 valence electrons. The number of rotatable bonds is 4. The first-order valence-corrected chi connectivity index (χ1v) is 8.97. The van der Waals surface area contributed by atoms with Crippen LogP contribution in [0, 0.1) is 34.9 Å². The number of ether oxygens (including phenoxy) is 1. The van der Waals surface area contributed by atoms with E-state index in [0.717, 1.165) is 28.5 Å². The largest absolute Gasteiger partial charge is 0.493 e. The molecule has 3 rings (SSSR count). The molecule has 3 aromatic rings. The average Bonchev–Trinajstić information content (AvgIpc) is 2.70. The molecular weight excluding hydrogens is 337 g/mol. The van der Waals surface area contributed by atoms with E-state index >= 15 is 0 Å². The van der Waals surface area contributed by atoms with Gasteiger partial charge >= 0.3 is 0 Å². The molecule has 0 aromatic heterocycles. The molecule has 0 saturated heterocycles. The Bertz CT molecular complexity index is 1070. The van der Waals surface area contributed by atoms with Crippen molar-refractivity contribution in [2.75, 3.05) is 6.61 Å². The third-order valence-electron chi connectivity index (χ3n) is 4.48. The number of hydrogen-bond acceptors (Lipinski definition) is 2. The van der Waals surface area contributed by atoms with E-state index in [9.17, 15) is 4.39 Å². The molecule has 3 heteroatoms. The fourth-order valence-corrected chi connectivity index (χ4v) is 2.58. The lowest BCUT2D eigenvalue weighted by Gasteiger charge is -2.11. The van der Waals surface area contributed by atoms with Crippen molar-refractivity contribution < 1.29 is 9.13 Å². The lowest BCUT2D eigenvalue weighted by atomic mass is 10.1. The van der Waals surface area contributed by atoms with Crippen LogP contribution in [0.4, 0.5) is 4.39 Å². The Labute approximate surface area is 159 Å². The summed E-state index contributed by atoms with van der Waals surface area (Å²) in [5.74, 6) is 6.85. The number of fused-ring (bicyclic) bond motifs is 1. The van der Waals surface area contributed by atoms with Gasteiger partial charge in [-0.3, -0.25) is 0 Å². The SMILES string of the molecule is CC[C@H](C)COc1ccc2cc(C#Cc3ccc(C#N)c(F)c3)ccc2c1. The highest BCUT2D eigenvalue weighted by molar-refractivity contribution is 5.85. The minimum absolute atomic E-state index is 0.0256. The molecule has 0 amide bonds. The normalized spacial score (nSPS) is 11.3. The number of benzene rings is 3. The summed E-state index contributed by atoms with van der Waals surface area (Å²) in [6, 6.07) is 18.2. The van der Waals surface area contributed by atoms with Crippen LogP contribution < -0.4 is 4.74 Å². The van der Waals surface area contributed by atoms with Crippen LogP contribution in [-0.2, 0) is 0 Å². The van der Waals surface area contributed by atoms with Crippen LogP contribution in [0.5, 0.6) is 5.75 Å². The first kappa shape index (κ1) is 18.5. The number of halogens is 1. The second-order valence-corrected chi connectivity index (χ2v) is 6.60. The Morgan fingerprint density at radius 1 is 0.963 bits per heavy atom. The van der Waals surface area contributed by atoms with Crippen LogP contribution in [0.1, 0.15) is 37.0 Å². The summed E-state index contributed by atoms with van der Waals surface area (Å²) in [5.41, 5.74) is 1.42. The van der Waals surface area contributed by atoms with Crippen LogP contribution >= 0.6 is 0 Å². The van der Waals surface area contributed by atoms with E-state index in [-0.39, 0.29) is 5.56 Å². The molecule has 0 aliphatic heterocycles. The van der Waals surface area contributed by atoms with Gasteiger partial charge in [0.2, 0.25) is 0 Å². The van der Waals surface area contributed by atoms with Gasteiger partial charge in [0.1, 0.15) is 17.6 Å². The summed E-state index contributed by atoms with van der Waals surface area (Å²) in [7, 11) is 0. The molecule has 0 aliphatic rings. The second kappa shape index (κ2) is 8.39. The standard InChI is InChI=1S/C24H20FNO/c1-3-17(2)16-27-23-11-10-20-12-18(6-8-21(20)14-23)4-5-19-7-9-22(15-26)24(25)13-19/h6-14,17H,3,16H2,1-2H3/t17-/m0/s1. The van der Waals surface area contributed by atoms with Crippen molar-refractivity contribution in [2.45, 2.75) is 20.3 Å². The molecule has 0 radical (unpaired) electrons. The maximum atomic E-state index is 13.7. The van der Waals surface area contributed by atoms with Gasteiger partial charge in [-0.1, -0.05) is 44.2 Å². The molecule has 27 heavy (non-hydrogen) atoms. The van der Waals surface area contributed by atoms with Crippen molar-refractivity contribution in [3.8, 4) is 23.7 Å². The minimum atomic E-state index is -0.548. The first-order valence-electron chi connectivity index (χ1n) is 8.97. The zero-order valence-corrected chi connectivity index (χ0v) is 15.4. The van der Waals surface area contributed by atoms with E-state index in [0.29, 0.717) is 18.1 Å². The molecule has 0 heterocycles. The molecule has 0 spiro atoms. The zero-order valence-electron chi connectivity index (χ0n) is 15.4. The minimum Gasteiger partial charge on any atom is -0.493 e. The fourth-order valence-electron chi connectivity index (χ4n) is 2.58. The van der Waals surface area contributed by atoms with E-state index in [1.54, 1.807) is 12.1 Å². The fraction of sp³-hybridized carbons (Fsp3) is 0.208. The molecule has 3 aromatic carbocycles. The quantitative estimate of drug-likeness (QED) is 0.563. The maximum Gasteiger partial charge on any atom is 0.142 e. The van der Waals surface area contributed by atoms with Crippen molar-refractivity contribution in [1.82, 2.24) is 0 Å². The first-order chi connectivity index (χ1) is 13.1. The van der Waals surface area contributed by atoms with Crippen molar-refractivity contribution in [3.63, 3.8) is 0 Å². The molecule has 0 saturated carbocycles. The van der Waals surface area contributed by atoms with Crippen LogP contribution in [0.3, 0.4) is 0 Å². The van der Waals surface area contributed by atoms with E-state index < -0.39 is 5.82 Å². The number of nitriles is 1. The number of nitrogens with zero attached hydrogens (tertiary/aromatic N) is 1. The average molecular weight is 357 g/mol. The molecule has 0 unspecified atom stereocenters. The summed E-state index contributed by atoms with van der Waals surface area (Å²) in [4.78, 5) is 0. The highest BCUT2D eigenvalue weighted by atomic mass is 19.1. The van der Waals surface area contributed by atoms with Crippen LogP contribution in [0.15, 0.2) is 54.6 Å². The molecule has 0 N–H and O–H groups in total. The van der Waals surface area contributed by atoms with Crippen molar-refractivity contribution in [3.05, 3.63) is 77.1 Å².